The van der Waals surface area contributed by atoms with E-state index in [0.717, 1.165) is 49.5 Å². The molecule has 0 bridgehead atoms. The van der Waals surface area contributed by atoms with Crippen LogP contribution in [0.4, 0.5) is 0 Å². The van der Waals surface area contributed by atoms with Crippen LogP contribution >= 0.6 is 11.8 Å². The Morgan fingerprint density at radius 3 is 2.62 bits per heavy atom. The number of hydrogen-bond acceptors (Lipinski definition) is 6. The number of rotatable bonds is 8. The summed E-state index contributed by atoms with van der Waals surface area (Å²) in [5.74, 6) is 3.56. The third kappa shape index (κ3) is 5.79. The average Bonchev–Trinajstić information content (AvgIpc) is 3.21. The van der Waals surface area contributed by atoms with Gasteiger partial charge in [-0.2, -0.15) is 11.8 Å². The molecule has 3 rings (SSSR count). The van der Waals surface area contributed by atoms with Crippen LogP contribution in [0, 0.1) is 0 Å². The number of ether oxygens (including phenoxy) is 2. The Kier molecular flexibility index (Phi) is 8.06. The van der Waals surface area contributed by atoms with Gasteiger partial charge in [0, 0.05) is 31.1 Å². The first kappa shape index (κ1) is 21.8. The number of likely N-dealkylation sites (tertiary alicyclic amines) is 1. The van der Waals surface area contributed by atoms with Gasteiger partial charge < -0.3 is 19.7 Å². The molecular weight excluding hydrogens is 390 g/mol. The maximum Gasteiger partial charge on any atom is 0.239 e. The maximum absolute atomic E-state index is 12.8. The SMILES string of the molecule is COc1ccc(CCNC(=O)CN2CCCC2C(=O)N2CCSCC2)cc1OC. The number of methoxy groups -OCH3 is 2. The van der Waals surface area contributed by atoms with Crippen LogP contribution in [0.3, 0.4) is 0 Å². The second kappa shape index (κ2) is 10.7. The van der Waals surface area contributed by atoms with Gasteiger partial charge in [-0.15, -0.1) is 0 Å². The summed E-state index contributed by atoms with van der Waals surface area (Å²) in [4.78, 5) is 29.3. The highest BCUT2D eigenvalue weighted by atomic mass is 32.2. The number of thioether (sulfide) groups is 1. The second-order valence-electron chi connectivity index (χ2n) is 7.36. The van der Waals surface area contributed by atoms with Crippen molar-refractivity contribution in [3.8, 4) is 11.5 Å². The predicted molar refractivity (Wildman–Crippen MR) is 115 cm³/mol. The largest absolute Gasteiger partial charge is 0.493 e. The molecule has 2 saturated heterocycles. The molecule has 1 unspecified atom stereocenters. The number of carbonyl (C=O) groups is 2. The normalized spacial score (nSPS) is 19.8. The van der Waals surface area contributed by atoms with Crippen LogP contribution in [-0.4, -0.2) is 86.1 Å². The summed E-state index contributed by atoms with van der Waals surface area (Å²) in [5, 5.41) is 2.98. The highest BCUT2D eigenvalue weighted by Crippen LogP contribution is 2.27. The second-order valence-corrected chi connectivity index (χ2v) is 8.58. The Morgan fingerprint density at radius 1 is 1.14 bits per heavy atom. The molecule has 0 spiro atoms. The first-order chi connectivity index (χ1) is 14.1. The first-order valence-electron chi connectivity index (χ1n) is 10.2. The summed E-state index contributed by atoms with van der Waals surface area (Å²) in [6, 6.07) is 5.63. The summed E-state index contributed by atoms with van der Waals surface area (Å²) in [6.07, 6.45) is 2.53. The van der Waals surface area contributed by atoms with E-state index in [4.69, 9.17) is 9.47 Å². The molecule has 2 aliphatic rings. The molecule has 2 aliphatic heterocycles. The Hall–Kier alpha value is -1.93. The summed E-state index contributed by atoms with van der Waals surface area (Å²) >= 11 is 1.90. The lowest BCUT2D eigenvalue weighted by atomic mass is 10.1. The highest BCUT2D eigenvalue weighted by molar-refractivity contribution is 7.99. The maximum atomic E-state index is 12.8. The van der Waals surface area contributed by atoms with E-state index in [-0.39, 0.29) is 24.4 Å². The lowest BCUT2D eigenvalue weighted by molar-refractivity contribution is -0.136. The van der Waals surface area contributed by atoms with Gasteiger partial charge in [0.05, 0.1) is 26.8 Å². The van der Waals surface area contributed by atoms with Gasteiger partial charge in [0.15, 0.2) is 11.5 Å². The molecule has 7 nitrogen and oxygen atoms in total. The number of amides is 2. The van der Waals surface area contributed by atoms with E-state index >= 15 is 0 Å². The number of nitrogens with one attached hydrogen (secondary N) is 1. The fourth-order valence-corrected chi connectivity index (χ4v) is 4.82. The fraction of sp³-hybridized carbons (Fsp3) is 0.619. The molecule has 0 radical (unpaired) electrons. The van der Waals surface area contributed by atoms with Crippen LogP contribution in [0.25, 0.3) is 0 Å². The van der Waals surface area contributed by atoms with Crippen molar-refractivity contribution in [3.05, 3.63) is 23.8 Å². The van der Waals surface area contributed by atoms with Crippen LogP contribution < -0.4 is 14.8 Å². The molecule has 2 heterocycles. The molecule has 1 atom stereocenters. The van der Waals surface area contributed by atoms with E-state index in [1.807, 2.05) is 39.8 Å². The van der Waals surface area contributed by atoms with Gasteiger partial charge in [-0.3, -0.25) is 14.5 Å². The minimum Gasteiger partial charge on any atom is -0.493 e. The molecule has 2 amide bonds. The molecular formula is C21H31N3O4S. The number of carbonyl (C=O) groups excluding carboxylic acids is 2. The summed E-state index contributed by atoms with van der Waals surface area (Å²) < 4.78 is 10.6. The van der Waals surface area contributed by atoms with Crippen LogP contribution in [0.5, 0.6) is 11.5 Å². The van der Waals surface area contributed by atoms with E-state index in [1.165, 1.54) is 0 Å². The van der Waals surface area contributed by atoms with Crippen LogP contribution in [-0.2, 0) is 16.0 Å². The summed E-state index contributed by atoms with van der Waals surface area (Å²) in [5.41, 5.74) is 1.07. The molecule has 8 heteroatoms. The first-order valence-corrected chi connectivity index (χ1v) is 11.4. The molecule has 1 N–H and O–H groups in total. The summed E-state index contributed by atoms with van der Waals surface area (Å²) in [7, 11) is 3.22. The van der Waals surface area contributed by atoms with Crippen molar-refractivity contribution in [1.29, 1.82) is 0 Å². The smallest absolute Gasteiger partial charge is 0.239 e. The van der Waals surface area contributed by atoms with Crippen LogP contribution in [0.1, 0.15) is 18.4 Å². The van der Waals surface area contributed by atoms with Crippen molar-refractivity contribution in [2.45, 2.75) is 25.3 Å². The molecule has 1 aromatic carbocycles. The third-order valence-electron chi connectivity index (χ3n) is 5.50. The fourth-order valence-electron chi connectivity index (χ4n) is 3.91. The molecule has 0 saturated carbocycles. The predicted octanol–water partition coefficient (Wildman–Crippen LogP) is 1.40. The van der Waals surface area contributed by atoms with Crippen molar-refractivity contribution in [2.24, 2.45) is 0 Å². The highest BCUT2D eigenvalue weighted by Gasteiger charge is 2.34. The van der Waals surface area contributed by atoms with Crippen LogP contribution in [0.15, 0.2) is 18.2 Å². The van der Waals surface area contributed by atoms with E-state index in [2.05, 4.69) is 5.32 Å². The van der Waals surface area contributed by atoms with Gasteiger partial charge in [-0.05, 0) is 43.5 Å². The van der Waals surface area contributed by atoms with Crippen molar-refractivity contribution < 1.29 is 19.1 Å². The van der Waals surface area contributed by atoms with E-state index < -0.39 is 0 Å². The zero-order valence-corrected chi connectivity index (χ0v) is 18.1. The molecule has 1 aromatic rings. The Morgan fingerprint density at radius 2 is 1.90 bits per heavy atom. The summed E-state index contributed by atoms with van der Waals surface area (Å²) in [6.45, 7) is 3.29. The van der Waals surface area contributed by atoms with Crippen molar-refractivity contribution >= 4 is 23.6 Å². The van der Waals surface area contributed by atoms with Crippen molar-refractivity contribution in [1.82, 2.24) is 15.1 Å². The van der Waals surface area contributed by atoms with Gasteiger partial charge >= 0.3 is 0 Å². The lowest BCUT2D eigenvalue weighted by Crippen LogP contribution is -2.50. The van der Waals surface area contributed by atoms with Crippen molar-refractivity contribution in [3.63, 3.8) is 0 Å². The van der Waals surface area contributed by atoms with E-state index in [1.54, 1.807) is 14.2 Å². The number of benzene rings is 1. The lowest BCUT2D eigenvalue weighted by Gasteiger charge is -2.32. The van der Waals surface area contributed by atoms with Gasteiger partial charge in [-0.25, -0.2) is 0 Å². The molecule has 160 valence electrons. The van der Waals surface area contributed by atoms with Crippen LogP contribution in [0.2, 0.25) is 0 Å². The zero-order valence-electron chi connectivity index (χ0n) is 17.3. The molecule has 29 heavy (non-hydrogen) atoms. The molecule has 2 fully saturated rings. The van der Waals surface area contributed by atoms with E-state index in [0.29, 0.717) is 24.5 Å². The minimum absolute atomic E-state index is 0.0284. The van der Waals surface area contributed by atoms with Gasteiger partial charge in [0.25, 0.3) is 0 Å². The average molecular weight is 422 g/mol. The minimum atomic E-state index is -0.144. The van der Waals surface area contributed by atoms with Gasteiger partial charge in [0.2, 0.25) is 11.8 Å². The monoisotopic (exact) mass is 421 g/mol. The van der Waals surface area contributed by atoms with Gasteiger partial charge in [0.1, 0.15) is 0 Å². The topological polar surface area (TPSA) is 71.1 Å². The molecule has 0 aliphatic carbocycles. The third-order valence-corrected chi connectivity index (χ3v) is 6.44. The Bertz CT molecular complexity index is 709. The van der Waals surface area contributed by atoms with E-state index in [9.17, 15) is 9.59 Å². The Balaban J connectivity index is 1.45. The molecule has 0 aromatic heterocycles. The zero-order chi connectivity index (χ0) is 20.6. The van der Waals surface area contributed by atoms with Gasteiger partial charge in [-0.1, -0.05) is 6.07 Å². The Labute approximate surface area is 177 Å². The van der Waals surface area contributed by atoms with Crippen molar-refractivity contribution in [2.75, 3.05) is 58.4 Å². The number of hydrogen-bond donors (Lipinski definition) is 1. The standard InChI is InChI=1S/C21H31N3O4S/c1-27-18-6-5-16(14-19(18)28-2)7-8-22-20(25)15-24-9-3-4-17(24)21(26)23-10-12-29-13-11-23/h5-6,14,17H,3-4,7-13,15H2,1-2H3,(H,22,25). The quantitative estimate of drug-likeness (QED) is 0.684. The number of nitrogens with zero attached hydrogens (tertiary/aromatic N) is 2.